The molecule has 2 heteroatoms. The fourth-order valence-corrected chi connectivity index (χ4v) is 2.96. The van der Waals surface area contributed by atoms with Crippen LogP contribution in [0.5, 0.6) is 0 Å². The maximum atomic E-state index is 5.88. The first-order valence-electron chi connectivity index (χ1n) is 6.61. The first kappa shape index (κ1) is 12.6. The molecule has 0 heterocycles. The van der Waals surface area contributed by atoms with Gasteiger partial charge in [0, 0.05) is 12.6 Å². The normalized spacial score (nSPS) is 18.2. The summed E-state index contributed by atoms with van der Waals surface area (Å²) in [6, 6.07) is 7.44. The lowest BCUT2D eigenvalue weighted by Gasteiger charge is -2.29. The van der Waals surface area contributed by atoms with E-state index in [0.29, 0.717) is 18.5 Å². The summed E-state index contributed by atoms with van der Waals surface area (Å²) in [5.41, 5.74) is 10.4. The largest absolute Gasteiger partial charge is 0.329 e. The highest BCUT2D eigenvalue weighted by atomic mass is 15.1. The van der Waals surface area contributed by atoms with Crippen molar-refractivity contribution in [2.24, 2.45) is 5.73 Å². The molecule has 17 heavy (non-hydrogen) atoms. The summed E-state index contributed by atoms with van der Waals surface area (Å²) in [7, 11) is 4.22. The standard InChI is InChI=1S/C15H24N2/c1-11(15(10-16)17(2)3)13-8-7-12-5-4-6-14(12)9-13/h7-9,11,15H,4-6,10,16H2,1-3H3. The number of nitrogens with zero attached hydrogens (tertiary/aromatic N) is 1. The molecule has 0 amide bonds. The molecule has 0 spiro atoms. The molecule has 0 radical (unpaired) electrons. The highest BCUT2D eigenvalue weighted by molar-refractivity contribution is 5.37. The topological polar surface area (TPSA) is 29.3 Å². The Morgan fingerprint density at radius 2 is 1.94 bits per heavy atom. The molecular weight excluding hydrogens is 208 g/mol. The molecule has 2 atom stereocenters. The quantitative estimate of drug-likeness (QED) is 0.862. The molecule has 0 fully saturated rings. The Hall–Kier alpha value is -0.860. The van der Waals surface area contributed by atoms with Crippen LogP contribution in [0.4, 0.5) is 0 Å². The molecule has 1 aromatic rings. The van der Waals surface area contributed by atoms with Gasteiger partial charge in [0.25, 0.3) is 0 Å². The van der Waals surface area contributed by atoms with Crippen molar-refractivity contribution in [2.75, 3.05) is 20.6 Å². The highest BCUT2D eigenvalue weighted by Gasteiger charge is 2.21. The third kappa shape index (κ3) is 2.53. The summed E-state index contributed by atoms with van der Waals surface area (Å²) in [5.74, 6) is 0.501. The van der Waals surface area contributed by atoms with Crippen molar-refractivity contribution in [3.05, 3.63) is 34.9 Å². The minimum atomic E-state index is 0.425. The first-order chi connectivity index (χ1) is 8.13. The van der Waals surface area contributed by atoms with E-state index in [4.69, 9.17) is 5.73 Å². The average Bonchev–Trinajstić information content (AvgIpc) is 2.75. The van der Waals surface area contributed by atoms with Gasteiger partial charge in [-0.15, -0.1) is 0 Å². The molecule has 0 saturated carbocycles. The number of hydrogen-bond donors (Lipinski definition) is 1. The van der Waals surface area contributed by atoms with Crippen LogP contribution < -0.4 is 5.73 Å². The van der Waals surface area contributed by atoms with Gasteiger partial charge >= 0.3 is 0 Å². The van der Waals surface area contributed by atoms with Gasteiger partial charge in [-0.05, 0) is 56.0 Å². The lowest BCUT2D eigenvalue weighted by molar-refractivity contribution is 0.267. The maximum absolute atomic E-state index is 5.88. The van der Waals surface area contributed by atoms with Crippen LogP contribution in [0.1, 0.15) is 36.0 Å². The second-order valence-corrected chi connectivity index (χ2v) is 5.44. The van der Waals surface area contributed by atoms with Crippen molar-refractivity contribution in [3.8, 4) is 0 Å². The van der Waals surface area contributed by atoms with Gasteiger partial charge in [-0.25, -0.2) is 0 Å². The predicted octanol–water partition coefficient (Wildman–Crippen LogP) is 2.17. The fraction of sp³-hybridized carbons (Fsp3) is 0.600. The molecule has 2 nitrogen and oxygen atoms in total. The smallest absolute Gasteiger partial charge is 0.0278 e. The molecule has 2 rings (SSSR count). The second-order valence-electron chi connectivity index (χ2n) is 5.44. The molecule has 1 aliphatic carbocycles. The van der Waals surface area contributed by atoms with E-state index < -0.39 is 0 Å². The molecule has 2 unspecified atom stereocenters. The van der Waals surface area contributed by atoms with Gasteiger partial charge < -0.3 is 10.6 Å². The predicted molar refractivity (Wildman–Crippen MR) is 73.4 cm³/mol. The molecule has 0 aromatic heterocycles. The summed E-state index contributed by atoms with van der Waals surface area (Å²) >= 11 is 0. The number of benzene rings is 1. The fourth-order valence-electron chi connectivity index (χ4n) is 2.96. The van der Waals surface area contributed by atoms with Crippen molar-refractivity contribution in [1.82, 2.24) is 4.90 Å². The van der Waals surface area contributed by atoms with E-state index in [1.807, 2.05) is 0 Å². The Kier molecular flexibility index (Phi) is 3.85. The third-order valence-corrected chi connectivity index (χ3v) is 4.13. The average molecular weight is 232 g/mol. The molecule has 0 aliphatic heterocycles. The van der Waals surface area contributed by atoms with Crippen molar-refractivity contribution in [1.29, 1.82) is 0 Å². The van der Waals surface area contributed by atoms with E-state index in [1.165, 1.54) is 24.8 Å². The summed E-state index contributed by atoms with van der Waals surface area (Å²) in [6.45, 7) is 3.00. The van der Waals surface area contributed by atoms with Gasteiger partial charge in [-0.3, -0.25) is 0 Å². The summed E-state index contributed by atoms with van der Waals surface area (Å²) in [4.78, 5) is 2.23. The van der Waals surface area contributed by atoms with Gasteiger partial charge in [0.15, 0.2) is 0 Å². The monoisotopic (exact) mass is 232 g/mol. The number of aryl methyl sites for hydroxylation is 2. The van der Waals surface area contributed by atoms with Gasteiger partial charge in [0.1, 0.15) is 0 Å². The van der Waals surface area contributed by atoms with Crippen LogP contribution in [0.15, 0.2) is 18.2 Å². The van der Waals surface area contributed by atoms with Gasteiger partial charge in [0.05, 0.1) is 0 Å². The Morgan fingerprint density at radius 3 is 2.59 bits per heavy atom. The summed E-state index contributed by atoms with van der Waals surface area (Å²) in [5, 5.41) is 0. The zero-order valence-electron chi connectivity index (χ0n) is 11.2. The summed E-state index contributed by atoms with van der Waals surface area (Å²) in [6.07, 6.45) is 3.84. The van der Waals surface area contributed by atoms with Crippen LogP contribution in [0.3, 0.4) is 0 Å². The van der Waals surface area contributed by atoms with E-state index >= 15 is 0 Å². The minimum absolute atomic E-state index is 0.425. The van der Waals surface area contributed by atoms with Gasteiger partial charge in [0.2, 0.25) is 0 Å². The van der Waals surface area contributed by atoms with E-state index in [1.54, 1.807) is 11.1 Å². The molecule has 94 valence electrons. The van der Waals surface area contributed by atoms with E-state index in [2.05, 4.69) is 44.1 Å². The molecule has 2 N–H and O–H groups in total. The van der Waals surface area contributed by atoms with Crippen LogP contribution in [0, 0.1) is 0 Å². The van der Waals surface area contributed by atoms with Crippen LogP contribution in [0.2, 0.25) is 0 Å². The minimum Gasteiger partial charge on any atom is -0.329 e. The Balaban J connectivity index is 2.21. The highest BCUT2D eigenvalue weighted by Crippen LogP contribution is 2.28. The zero-order valence-corrected chi connectivity index (χ0v) is 11.2. The number of fused-ring (bicyclic) bond motifs is 1. The zero-order chi connectivity index (χ0) is 12.4. The van der Waals surface area contributed by atoms with Crippen LogP contribution in [-0.2, 0) is 12.8 Å². The van der Waals surface area contributed by atoms with Crippen molar-refractivity contribution >= 4 is 0 Å². The van der Waals surface area contributed by atoms with E-state index in [9.17, 15) is 0 Å². The number of likely N-dealkylation sites (N-methyl/N-ethyl adjacent to an activating group) is 1. The number of rotatable bonds is 4. The summed E-state index contributed by atoms with van der Waals surface area (Å²) < 4.78 is 0. The van der Waals surface area contributed by atoms with E-state index in [0.717, 1.165) is 0 Å². The third-order valence-electron chi connectivity index (χ3n) is 4.13. The Morgan fingerprint density at radius 1 is 1.24 bits per heavy atom. The molecular formula is C15H24N2. The van der Waals surface area contributed by atoms with Crippen molar-refractivity contribution < 1.29 is 0 Å². The van der Waals surface area contributed by atoms with Crippen molar-refractivity contribution in [2.45, 2.75) is 38.1 Å². The van der Waals surface area contributed by atoms with Gasteiger partial charge in [-0.1, -0.05) is 25.1 Å². The molecule has 1 aliphatic rings. The molecule has 0 bridgehead atoms. The van der Waals surface area contributed by atoms with Crippen LogP contribution in [-0.4, -0.2) is 31.6 Å². The molecule has 1 aromatic carbocycles. The van der Waals surface area contributed by atoms with Crippen molar-refractivity contribution in [3.63, 3.8) is 0 Å². The second kappa shape index (κ2) is 5.19. The Labute approximate surface area is 105 Å². The first-order valence-corrected chi connectivity index (χ1v) is 6.61. The lowest BCUT2D eigenvalue weighted by Crippen LogP contribution is -2.39. The number of hydrogen-bond acceptors (Lipinski definition) is 2. The SMILES string of the molecule is CC(c1ccc2c(c1)CCC2)C(CN)N(C)C. The lowest BCUT2D eigenvalue weighted by atomic mass is 9.90. The van der Waals surface area contributed by atoms with Crippen LogP contribution >= 0.6 is 0 Å². The number of nitrogens with two attached hydrogens (primary N) is 1. The van der Waals surface area contributed by atoms with E-state index in [-0.39, 0.29) is 0 Å². The molecule has 0 saturated heterocycles. The van der Waals surface area contributed by atoms with Crippen LogP contribution in [0.25, 0.3) is 0 Å². The Bertz CT molecular complexity index is 385. The maximum Gasteiger partial charge on any atom is 0.0278 e. The van der Waals surface area contributed by atoms with Gasteiger partial charge in [-0.2, -0.15) is 0 Å².